The van der Waals surface area contributed by atoms with Crippen LogP contribution in [0.25, 0.3) is 0 Å². The van der Waals surface area contributed by atoms with Gasteiger partial charge in [0.15, 0.2) is 11.5 Å². The number of H-pyrrole nitrogens is 1. The standard InChI is InChI=1S/C20H23N3O4/c24-19(12-15-4-5-21-14-15)22-6-8-23(9-7-22)20(25)16-2-3-17-18(13-16)27-11-1-10-26-17/h2-5,13-14,21H,1,6-12H2. The summed E-state index contributed by atoms with van der Waals surface area (Å²) in [7, 11) is 0. The highest BCUT2D eigenvalue weighted by Crippen LogP contribution is 2.30. The Morgan fingerprint density at radius 3 is 2.44 bits per heavy atom. The second kappa shape index (κ2) is 7.73. The van der Waals surface area contributed by atoms with Crippen molar-refractivity contribution in [2.24, 2.45) is 0 Å². The molecule has 0 atom stereocenters. The third-order valence-electron chi connectivity index (χ3n) is 4.93. The Morgan fingerprint density at radius 2 is 1.70 bits per heavy atom. The highest BCUT2D eigenvalue weighted by molar-refractivity contribution is 5.95. The molecule has 1 saturated heterocycles. The fourth-order valence-electron chi connectivity index (χ4n) is 3.39. The molecular formula is C20H23N3O4. The third-order valence-corrected chi connectivity index (χ3v) is 4.93. The number of carbonyl (C=O) groups excluding carboxylic acids is 2. The molecule has 1 fully saturated rings. The first-order valence-corrected chi connectivity index (χ1v) is 9.29. The van der Waals surface area contributed by atoms with Crippen LogP contribution in [0.15, 0.2) is 36.7 Å². The smallest absolute Gasteiger partial charge is 0.254 e. The molecule has 2 aliphatic heterocycles. The van der Waals surface area contributed by atoms with Crippen LogP contribution < -0.4 is 9.47 Å². The van der Waals surface area contributed by atoms with Gasteiger partial charge in [0, 0.05) is 50.6 Å². The summed E-state index contributed by atoms with van der Waals surface area (Å²) in [6.07, 6.45) is 4.87. The van der Waals surface area contributed by atoms with Gasteiger partial charge in [-0.3, -0.25) is 9.59 Å². The number of fused-ring (bicyclic) bond motifs is 1. The average molecular weight is 369 g/mol. The zero-order chi connectivity index (χ0) is 18.6. The summed E-state index contributed by atoms with van der Waals surface area (Å²) in [5.41, 5.74) is 1.57. The molecule has 1 aromatic carbocycles. The number of piperazine rings is 1. The molecule has 0 radical (unpaired) electrons. The molecule has 2 amide bonds. The van der Waals surface area contributed by atoms with Gasteiger partial charge in [-0.2, -0.15) is 0 Å². The van der Waals surface area contributed by atoms with Crippen LogP contribution in [0.1, 0.15) is 22.3 Å². The quantitative estimate of drug-likeness (QED) is 0.894. The van der Waals surface area contributed by atoms with Gasteiger partial charge >= 0.3 is 0 Å². The first-order valence-electron chi connectivity index (χ1n) is 9.29. The topological polar surface area (TPSA) is 74.9 Å². The Morgan fingerprint density at radius 1 is 0.963 bits per heavy atom. The number of hydrogen-bond donors (Lipinski definition) is 1. The van der Waals surface area contributed by atoms with Crippen molar-refractivity contribution in [3.05, 3.63) is 47.8 Å². The number of rotatable bonds is 3. The zero-order valence-electron chi connectivity index (χ0n) is 15.1. The molecule has 0 unspecified atom stereocenters. The van der Waals surface area contributed by atoms with Gasteiger partial charge in [0.05, 0.1) is 19.6 Å². The van der Waals surface area contributed by atoms with E-state index in [-0.39, 0.29) is 11.8 Å². The SMILES string of the molecule is O=C(Cc1cc[nH]c1)N1CCN(C(=O)c2ccc3c(c2)OCCCO3)CC1. The maximum atomic E-state index is 12.8. The summed E-state index contributed by atoms with van der Waals surface area (Å²) in [6.45, 7) is 3.39. The van der Waals surface area contributed by atoms with Crippen molar-refractivity contribution in [1.29, 1.82) is 0 Å². The molecular weight excluding hydrogens is 346 g/mol. The molecule has 7 heteroatoms. The Bertz CT molecular complexity index is 811. The maximum Gasteiger partial charge on any atom is 0.254 e. The Balaban J connectivity index is 1.36. The molecule has 142 valence electrons. The van der Waals surface area contributed by atoms with Crippen molar-refractivity contribution in [1.82, 2.24) is 14.8 Å². The van der Waals surface area contributed by atoms with Crippen molar-refractivity contribution in [3.8, 4) is 11.5 Å². The van der Waals surface area contributed by atoms with Gasteiger partial charge < -0.3 is 24.3 Å². The molecule has 1 aromatic heterocycles. The summed E-state index contributed by atoms with van der Waals surface area (Å²) in [5, 5.41) is 0. The fraction of sp³-hybridized carbons (Fsp3) is 0.400. The molecule has 2 aliphatic rings. The summed E-state index contributed by atoms with van der Waals surface area (Å²) < 4.78 is 11.3. The number of amides is 2. The Hall–Kier alpha value is -2.96. The number of ether oxygens (including phenoxy) is 2. The molecule has 2 aromatic rings. The minimum Gasteiger partial charge on any atom is -0.490 e. The van der Waals surface area contributed by atoms with Crippen molar-refractivity contribution in [2.45, 2.75) is 12.8 Å². The number of aromatic amines is 1. The number of benzene rings is 1. The van der Waals surface area contributed by atoms with Crippen LogP contribution in [0, 0.1) is 0 Å². The van der Waals surface area contributed by atoms with Gasteiger partial charge in [-0.05, 0) is 29.8 Å². The van der Waals surface area contributed by atoms with E-state index in [4.69, 9.17) is 9.47 Å². The van der Waals surface area contributed by atoms with Crippen molar-refractivity contribution < 1.29 is 19.1 Å². The number of nitrogens with zero attached hydrogens (tertiary/aromatic N) is 2. The molecule has 0 spiro atoms. The highest BCUT2D eigenvalue weighted by Gasteiger charge is 2.25. The van der Waals surface area contributed by atoms with Crippen LogP contribution in [0.4, 0.5) is 0 Å². The largest absolute Gasteiger partial charge is 0.490 e. The molecule has 0 saturated carbocycles. The molecule has 1 N–H and O–H groups in total. The van der Waals surface area contributed by atoms with Gasteiger partial charge in [-0.25, -0.2) is 0 Å². The van der Waals surface area contributed by atoms with Crippen LogP contribution in [-0.4, -0.2) is 66.0 Å². The van der Waals surface area contributed by atoms with E-state index in [2.05, 4.69) is 4.98 Å². The second-order valence-corrected chi connectivity index (χ2v) is 6.78. The Kier molecular flexibility index (Phi) is 5.00. The lowest BCUT2D eigenvalue weighted by atomic mass is 10.1. The van der Waals surface area contributed by atoms with Crippen molar-refractivity contribution >= 4 is 11.8 Å². The van der Waals surface area contributed by atoms with E-state index < -0.39 is 0 Å². The van der Waals surface area contributed by atoms with E-state index in [1.165, 1.54) is 0 Å². The van der Waals surface area contributed by atoms with E-state index in [0.29, 0.717) is 62.9 Å². The third kappa shape index (κ3) is 3.92. The van der Waals surface area contributed by atoms with Gasteiger partial charge in [0.25, 0.3) is 5.91 Å². The van der Waals surface area contributed by atoms with Crippen LogP contribution in [0.3, 0.4) is 0 Å². The molecule has 3 heterocycles. The van der Waals surface area contributed by atoms with Gasteiger partial charge in [0.2, 0.25) is 5.91 Å². The predicted octanol–water partition coefficient (Wildman–Crippen LogP) is 1.70. The minimum absolute atomic E-state index is 0.0385. The summed E-state index contributed by atoms with van der Waals surface area (Å²) in [4.78, 5) is 31.8. The molecule has 0 aliphatic carbocycles. The lowest BCUT2D eigenvalue weighted by Gasteiger charge is -2.35. The van der Waals surface area contributed by atoms with Crippen molar-refractivity contribution in [2.75, 3.05) is 39.4 Å². The number of hydrogen-bond acceptors (Lipinski definition) is 4. The van der Waals surface area contributed by atoms with E-state index in [0.717, 1.165) is 12.0 Å². The molecule has 7 nitrogen and oxygen atoms in total. The van der Waals surface area contributed by atoms with E-state index >= 15 is 0 Å². The first-order chi connectivity index (χ1) is 13.2. The normalized spacial score (nSPS) is 16.7. The van der Waals surface area contributed by atoms with E-state index in [1.807, 2.05) is 23.4 Å². The maximum absolute atomic E-state index is 12.8. The minimum atomic E-state index is -0.0385. The summed E-state index contributed by atoms with van der Waals surface area (Å²) in [6, 6.07) is 7.23. The van der Waals surface area contributed by atoms with Crippen molar-refractivity contribution in [3.63, 3.8) is 0 Å². The van der Waals surface area contributed by atoms with Gasteiger partial charge in [-0.15, -0.1) is 0 Å². The lowest BCUT2D eigenvalue weighted by Crippen LogP contribution is -2.51. The summed E-state index contributed by atoms with van der Waals surface area (Å²) in [5.74, 6) is 1.36. The Labute approximate surface area is 157 Å². The molecule has 27 heavy (non-hydrogen) atoms. The number of carbonyl (C=O) groups is 2. The monoisotopic (exact) mass is 369 g/mol. The first kappa shape index (κ1) is 17.5. The lowest BCUT2D eigenvalue weighted by molar-refractivity contribution is -0.131. The predicted molar refractivity (Wildman–Crippen MR) is 99.0 cm³/mol. The highest BCUT2D eigenvalue weighted by atomic mass is 16.5. The van der Waals surface area contributed by atoms with Crippen LogP contribution in [0.2, 0.25) is 0 Å². The molecule has 0 bridgehead atoms. The second-order valence-electron chi connectivity index (χ2n) is 6.78. The van der Waals surface area contributed by atoms with Crippen LogP contribution in [0.5, 0.6) is 11.5 Å². The van der Waals surface area contributed by atoms with E-state index in [1.54, 1.807) is 23.1 Å². The molecule has 4 rings (SSSR count). The zero-order valence-corrected chi connectivity index (χ0v) is 15.1. The van der Waals surface area contributed by atoms with Gasteiger partial charge in [-0.1, -0.05) is 0 Å². The average Bonchev–Trinajstić information content (AvgIpc) is 3.09. The fourth-order valence-corrected chi connectivity index (χ4v) is 3.39. The number of aromatic nitrogens is 1. The summed E-state index contributed by atoms with van der Waals surface area (Å²) >= 11 is 0. The van der Waals surface area contributed by atoms with E-state index in [9.17, 15) is 9.59 Å². The van der Waals surface area contributed by atoms with Gasteiger partial charge in [0.1, 0.15) is 0 Å². The number of nitrogens with one attached hydrogen (secondary N) is 1. The van der Waals surface area contributed by atoms with Crippen LogP contribution >= 0.6 is 0 Å². The van der Waals surface area contributed by atoms with Crippen LogP contribution in [-0.2, 0) is 11.2 Å².